The van der Waals surface area contributed by atoms with Gasteiger partial charge in [-0.15, -0.1) is 0 Å². The predicted octanol–water partition coefficient (Wildman–Crippen LogP) is 2.79. The van der Waals surface area contributed by atoms with Gasteiger partial charge >= 0.3 is 0 Å². The summed E-state index contributed by atoms with van der Waals surface area (Å²) in [6, 6.07) is 12.3. The number of amides is 1. The third kappa shape index (κ3) is 4.55. The number of carbonyl (C=O) groups excluding carboxylic acids is 1. The number of sulfonamides is 1. The number of carbonyl (C=O) groups is 1. The van der Waals surface area contributed by atoms with Gasteiger partial charge in [0, 0.05) is 5.69 Å². The third-order valence-electron chi connectivity index (χ3n) is 3.47. The fourth-order valence-corrected chi connectivity index (χ4v) is 3.13. The molecule has 0 radical (unpaired) electrons. The van der Waals surface area contributed by atoms with E-state index in [9.17, 15) is 17.6 Å². The average Bonchev–Trinajstić information content (AvgIpc) is 2.53. The van der Waals surface area contributed by atoms with Crippen molar-refractivity contribution in [1.82, 2.24) is 0 Å². The fourth-order valence-electron chi connectivity index (χ4n) is 2.28. The van der Waals surface area contributed by atoms with Crippen LogP contribution < -0.4 is 9.62 Å². The molecule has 1 amide bonds. The molecule has 0 unspecified atom stereocenters. The summed E-state index contributed by atoms with van der Waals surface area (Å²) in [5.41, 5.74) is 1.84. The molecule has 2 aromatic carbocycles. The second-order valence-electron chi connectivity index (χ2n) is 5.30. The lowest BCUT2D eigenvalue weighted by molar-refractivity contribution is -0.114. The number of aryl methyl sites for hydroxylation is 1. The van der Waals surface area contributed by atoms with Crippen molar-refractivity contribution in [3.8, 4) is 0 Å². The number of nitrogens with zero attached hydrogens (tertiary/aromatic N) is 1. The fraction of sp³-hybridized carbons (Fsp3) is 0.235. The molecule has 0 heterocycles. The maximum absolute atomic E-state index is 13.0. The molecule has 0 aliphatic rings. The summed E-state index contributed by atoms with van der Waals surface area (Å²) in [7, 11) is -3.68. The van der Waals surface area contributed by atoms with E-state index < -0.39 is 21.7 Å². The van der Waals surface area contributed by atoms with Crippen LogP contribution in [0.2, 0.25) is 0 Å². The Morgan fingerprint density at radius 1 is 1.12 bits per heavy atom. The van der Waals surface area contributed by atoms with Crippen LogP contribution in [0.5, 0.6) is 0 Å². The van der Waals surface area contributed by atoms with E-state index in [0.717, 1.165) is 34.7 Å². The summed E-state index contributed by atoms with van der Waals surface area (Å²) in [6.07, 6.45) is 1.74. The van der Waals surface area contributed by atoms with Crippen molar-refractivity contribution in [1.29, 1.82) is 0 Å². The largest absolute Gasteiger partial charge is 0.324 e. The zero-order chi connectivity index (χ0) is 17.7. The Balaban J connectivity index is 2.21. The molecule has 0 aliphatic carbocycles. The second kappa shape index (κ2) is 7.44. The summed E-state index contributed by atoms with van der Waals surface area (Å²) in [6.45, 7) is 1.58. The normalized spacial score (nSPS) is 11.1. The van der Waals surface area contributed by atoms with Gasteiger partial charge in [-0.3, -0.25) is 9.10 Å². The van der Waals surface area contributed by atoms with Crippen LogP contribution in [0.4, 0.5) is 15.8 Å². The van der Waals surface area contributed by atoms with Gasteiger partial charge in [0.25, 0.3) is 0 Å². The topological polar surface area (TPSA) is 66.5 Å². The highest BCUT2D eigenvalue weighted by Gasteiger charge is 2.21. The molecule has 24 heavy (non-hydrogen) atoms. The maximum atomic E-state index is 13.0. The van der Waals surface area contributed by atoms with E-state index in [1.54, 1.807) is 12.1 Å². The van der Waals surface area contributed by atoms with Gasteiger partial charge in [-0.2, -0.15) is 0 Å². The summed E-state index contributed by atoms with van der Waals surface area (Å²) in [5, 5.41) is 2.73. The number of halogens is 1. The first-order chi connectivity index (χ1) is 11.3. The summed E-state index contributed by atoms with van der Waals surface area (Å²) >= 11 is 0. The van der Waals surface area contributed by atoms with Crippen LogP contribution in [0.15, 0.2) is 48.5 Å². The summed E-state index contributed by atoms with van der Waals surface area (Å²) in [5.74, 6) is -0.945. The molecule has 2 rings (SSSR count). The van der Waals surface area contributed by atoms with Crippen molar-refractivity contribution in [3.63, 3.8) is 0 Å². The molecule has 0 spiro atoms. The van der Waals surface area contributed by atoms with Gasteiger partial charge in [0.1, 0.15) is 12.4 Å². The Hall–Kier alpha value is -2.41. The Labute approximate surface area is 141 Å². The van der Waals surface area contributed by atoms with Crippen molar-refractivity contribution in [2.75, 3.05) is 22.4 Å². The average molecular weight is 350 g/mol. The number of para-hydroxylation sites is 1. The van der Waals surface area contributed by atoms with Gasteiger partial charge in [0.2, 0.25) is 15.9 Å². The first-order valence-electron chi connectivity index (χ1n) is 7.42. The van der Waals surface area contributed by atoms with E-state index in [-0.39, 0.29) is 12.2 Å². The second-order valence-corrected chi connectivity index (χ2v) is 7.21. The molecule has 128 valence electrons. The molecule has 0 aromatic heterocycles. The van der Waals surface area contributed by atoms with E-state index in [0.29, 0.717) is 5.69 Å². The zero-order valence-electron chi connectivity index (χ0n) is 13.5. The maximum Gasteiger partial charge on any atom is 0.245 e. The van der Waals surface area contributed by atoms with Gasteiger partial charge in [0.05, 0.1) is 11.9 Å². The first kappa shape index (κ1) is 17.9. The summed E-state index contributed by atoms with van der Waals surface area (Å²) < 4.78 is 37.9. The SMILES string of the molecule is CCc1ccccc1NC(=O)CN(c1ccc(F)cc1)S(C)(=O)=O. The monoisotopic (exact) mass is 350 g/mol. The van der Waals surface area contributed by atoms with E-state index >= 15 is 0 Å². The van der Waals surface area contributed by atoms with E-state index in [2.05, 4.69) is 5.32 Å². The quantitative estimate of drug-likeness (QED) is 0.871. The smallest absolute Gasteiger partial charge is 0.245 e. The van der Waals surface area contributed by atoms with Crippen LogP contribution in [0, 0.1) is 5.82 Å². The van der Waals surface area contributed by atoms with Crippen LogP contribution in [0.25, 0.3) is 0 Å². The van der Waals surface area contributed by atoms with Crippen LogP contribution in [-0.4, -0.2) is 27.1 Å². The molecule has 0 atom stereocenters. The Bertz CT molecular complexity index is 820. The van der Waals surface area contributed by atoms with Crippen molar-refractivity contribution in [2.24, 2.45) is 0 Å². The standard InChI is InChI=1S/C17H19FN2O3S/c1-3-13-6-4-5-7-16(13)19-17(21)12-20(24(2,22)23)15-10-8-14(18)9-11-15/h4-11H,3,12H2,1-2H3,(H,19,21). The Morgan fingerprint density at radius 3 is 2.33 bits per heavy atom. The molecule has 0 fully saturated rings. The number of rotatable bonds is 6. The lowest BCUT2D eigenvalue weighted by atomic mass is 10.1. The van der Waals surface area contributed by atoms with Crippen LogP contribution in [0.1, 0.15) is 12.5 Å². The van der Waals surface area contributed by atoms with E-state index in [1.165, 1.54) is 12.1 Å². The van der Waals surface area contributed by atoms with Crippen LogP contribution in [-0.2, 0) is 21.2 Å². The Kier molecular flexibility index (Phi) is 5.56. The minimum Gasteiger partial charge on any atom is -0.324 e. The Morgan fingerprint density at radius 2 is 1.75 bits per heavy atom. The lowest BCUT2D eigenvalue weighted by Crippen LogP contribution is -2.37. The molecule has 0 saturated heterocycles. The lowest BCUT2D eigenvalue weighted by Gasteiger charge is -2.22. The number of hydrogen-bond acceptors (Lipinski definition) is 3. The van der Waals surface area contributed by atoms with Gasteiger partial charge in [-0.25, -0.2) is 12.8 Å². The molecule has 0 saturated carbocycles. The third-order valence-corrected chi connectivity index (χ3v) is 4.62. The molecule has 7 heteroatoms. The highest BCUT2D eigenvalue weighted by Crippen LogP contribution is 2.19. The van der Waals surface area contributed by atoms with Crippen molar-refractivity contribution in [3.05, 3.63) is 59.9 Å². The number of benzene rings is 2. The number of anilines is 2. The first-order valence-corrected chi connectivity index (χ1v) is 9.27. The zero-order valence-corrected chi connectivity index (χ0v) is 14.3. The minimum atomic E-state index is -3.68. The van der Waals surface area contributed by atoms with Crippen molar-refractivity contribution < 1.29 is 17.6 Å². The molecule has 2 aromatic rings. The summed E-state index contributed by atoms with van der Waals surface area (Å²) in [4.78, 5) is 12.3. The van der Waals surface area contributed by atoms with Gasteiger partial charge < -0.3 is 5.32 Å². The van der Waals surface area contributed by atoms with Gasteiger partial charge in [0.15, 0.2) is 0 Å². The minimum absolute atomic E-state index is 0.234. The predicted molar refractivity (Wildman–Crippen MR) is 93.0 cm³/mol. The van der Waals surface area contributed by atoms with E-state index in [1.807, 2.05) is 19.1 Å². The van der Waals surface area contributed by atoms with Crippen LogP contribution >= 0.6 is 0 Å². The number of nitrogens with one attached hydrogen (secondary N) is 1. The molecule has 5 nitrogen and oxygen atoms in total. The van der Waals surface area contributed by atoms with Crippen molar-refractivity contribution in [2.45, 2.75) is 13.3 Å². The molecule has 0 aliphatic heterocycles. The van der Waals surface area contributed by atoms with Gasteiger partial charge in [-0.05, 0) is 42.3 Å². The van der Waals surface area contributed by atoms with Crippen molar-refractivity contribution >= 4 is 27.3 Å². The molecule has 1 N–H and O–H groups in total. The van der Waals surface area contributed by atoms with Gasteiger partial charge in [-0.1, -0.05) is 25.1 Å². The highest BCUT2D eigenvalue weighted by atomic mass is 32.2. The molecular formula is C17H19FN2O3S. The number of hydrogen-bond donors (Lipinski definition) is 1. The van der Waals surface area contributed by atoms with E-state index in [4.69, 9.17) is 0 Å². The highest BCUT2D eigenvalue weighted by molar-refractivity contribution is 7.92. The molecular weight excluding hydrogens is 331 g/mol. The molecule has 0 bridgehead atoms. The van der Waals surface area contributed by atoms with Crippen LogP contribution in [0.3, 0.4) is 0 Å².